The first kappa shape index (κ1) is 21.7. The van der Waals surface area contributed by atoms with Gasteiger partial charge in [-0.3, -0.25) is 9.59 Å². The standard InChI is InChI=1S/C28H33N3O2/c1-20(21-11-5-3-6-12-21)18-31-26(32)25-17-22-13-9-10-16-24(22)30(25)19-28(31,2)27(33)29-23-14-7-4-8-15-23/h3,5-6,9-13,16-17,20,23H,4,7-8,14-15,18-19H2,1-2H3,(H,29,33)/t20-,28+/m0/s1. The molecule has 0 unspecified atom stereocenters. The highest BCUT2D eigenvalue weighted by Crippen LogP contribution is 2.34. The summed E-state index contributed by atoms with van der Waals surface area (Å²) in [5, 5.41) is 4.35. The summed E-state index contributed by atoms with van der Waals surface area (Å²) in [6.07, 6.45) is 5.59. The van der Waals surface area contributed by atoms with Crippen LogP contribution in [0.1, 0.15) is 67.9 Å². The Kier molecular flexibility index (Phi) is 5.73. The van der Waals surface area contributed by atoms with Crippen LogP contribution in [0.25, 0.3) is 10.9 Å². The summed E-state index contributed by atoms with van der Waals surface area (Å²) in [6.45, 7) is 5.03. The lowest BCUT2D eigenvalue weighted by Gasteiger charge is -2.45. The van der Waals surface area contributed by atoms with E-state index < -0.39 is 5.54 Å². The van der Waals surface area contributed by atoms with Crippen LogP contribution >= 0.6 is 0 Å². The number of hydrogen-bond acceptors (Lipinski definition) is 2. The molecular formula is C28H33N3O2. The first-order valence-corrected chi connectivity index (χ1v) is 12.2. The van der Waals surface area contributed by atoms with Gasteiger partial charge >= 0.3 is 0 Å². The van der Waals surface area contributed by atoms with Gasteiger partial charge in [-0.1, -0.05) is 74.7 Å². The van der Waals surface area contributed by atoms with Gasteiger partial charge in [0.25, 0.3) is 5.91 Å². The summed E-state index contributed by atoms with van der Waals surface area (Å²) in [7, 11) is 0. The fourth-order valence-corrected chi connectivity index (χ4v) is 5.54. The zero-order valence-corrected chi connectivity index (χ0v) is 19.6. The lowest BCUT2D eigenvalue weighted by atomic mass is 9.89. The summed E-state index contributed by atoms with van der Waals surface area (Å²) in [4.78, 5) is 29.5. The number of fused-ring (bicyclic) bond motifs is 3. The lowest BCUT2D eigenvalue weighted by molar-refractivity contribution is -0.133. The lowest BCUT2D eigenvalue weighted by Crippen LogP contribution is -2.65. The van der Waals surface area contributed by atoms with Crippen molar-refractivity contribution in [3.05, 3.63) is 71.9 Å². The maximum absolute atomic E-state index is 13.9. The Balaban J connectivity index is 1.52. The molecule has 2 heterocycles. The van der Waals surface area contributed by atoms with Crippen LogP contribution in [0.3, 0.4) is 0 Å². The molecule has 2 aromatic carbocycles. The third-order valence-electron chi connectivity index (χ3n) is 7.59. The van der Waals surface area contributed by atoms with Crippen LogP contribution in [0.15, 0.2) is 60.7 Å². The molecule has 0 saturated heterocycles. The van der Waals surface area contributed by atoms with Crippen molar-refractivity contribution >= 4 is 22.7 Å². The van der Waals surface area contributed by atoms with E-state index in [4.69, 9.17) is 0 Å². The van der Waals surface area contributed by atoms with Crippen LogP contribution < -0.4 is 5.32 Å². The number of carbonyl (C=O) groups excluding carboxylic acids is 2. The van der Waals surface area contributed by atoms with Crippen LogP contribution in [-0.2, 0) is 11.3 Å². The third-order valence-corrected chi connectivity index (χ3v) is 7.59. The van der Waals surface area contributed by atoms with Crippen molar-refractivity contribution in [2.75, 3.05) is 6.54 Å². The topological polar surface area (TPSA) is 54.3 Å². The van der Waals surface area contributed by atoms with Crippen molar-refractivity contribution in [3.8, 4) is 0 Å². The summed E-state index contributed by atoms with van der Waals surface area (Å²) < 4.78 is 2.04. The second-order valence-corrected chi connectivity index (χ2v) is 9.98. The number of carbonyl (C=O) groups is 2. The van der Waals surface area contributed by atoms with E-state index in [1.165, 1.54) is 12.0 Å². The molecule has 1 aliphatic carbocycles. The van der Waals surface area contributed by atoms with Crippen LogP contribution in [0.4, 0.5) is 0 Å². The van der Waals surface area contributed by atoms with E-state index in [1.807, 2.05) is 64.9 Å². The number of para-hydroxylation sites is 1. The summed E-state index contributed by atoms with van der Waals surface area (Å²) in [6, 6.07) is 20.5. The van der Waals surface area contributed by atoms with Crippen molar-refractivity contribution < 1.29 is 9.59 Å². The van der Waals surface area contributed by atoms with E-state index in [0.29, 0.717) is 18.8 Å². The molecule has 1 fully saturated rings. The maximum Gasteiger partial charge on any atom is 0.271 e. The van der Waals surface area contributed by atoms with E-state index in [1.54, 1.807) is 0 Å². The first-order chi connectivity index (χ1) is 16.0. The predicted octanol–water partition coefficient (Wildman–Crippen LogP) is 5.11. The fourth-order valence-electron chi connectivity index (χ4n) is 5.54. The summed E-state index contributed by atoms with van der Waals surface area (Å²) in [5.41, 5.74) is 1.89. The smallest absolute Gasteiger partial charge is 0.271 e. The summed E-state index contributed by atoms with van der Waals surface area (Å²) in [5.74, 6) is 0.0147. The number of amides is 2. The quantitative estimate of drug-likeness (QED) is 0.596. The number of nitrogens with zero attached hydrogens (tertiary/aromatic N) is 2. The van der Waals surface area contributed by atoms with Crippen molar-refractivity contribution in [3.63, 3.8) is 0 Å². The fraction of sp³-hybridized carbons (Fsp3) is 0.429. The molecule has 2 amide bonds. The number of nitrogens with one attached hydrogen (secondary N) is 1. The number of rotatable bonds is 5. The highest BCUT2D eigenvalue weighted by atomic mass is 16.2. The summed E-state index contributed by atoms with van der Waals surface area (Å²) >= 11 is 0. The molecule has 1 N–H and O–H groups in total. The molecule has 1 aromatic heterocycles. The van der Waals surface area contributed by atoms with Gasteiger partial charge in [-0.15, -0.1) is 0 Å². The van der Waals surface area contributed by atoms with Gasteiger partial charge in [-0.2, -0.15) is 0 Å². The van der Waals surface area contributed by atoms with Gasteiger partial charge in [0, 0.05) is 23.5 Å². The van der Waals surface area contributed by atoms with Gasteiger partial charge in [0.2, 0.25) is 5.91 Å². The Bertz CT molecular complexity index is 1160. The molecule has 1 saturated carbocycles. The van der Waals surface area contributed by atoms with Gasteiger partial charge in [0.05, 0.1) is 6.54 Å². The molecule has 33 heavy (non-hydrogen) atoms. The minimum atomic E-state index is -0.952. The molecule has 5 rings (SSSR count). The maximum atomic E-state index is 13.9. The monoisotopic (exact) mass is 443 g/mol. The van der Waals surface area contributed by atoms with E-state index in [2.05, 4.69) is 24.4 Å². The van der Waals surface area contributed by atoms with Crippen LogP contribution in [-0.4, -0.2) is 39.4 Å². The van der Waals surface area contributed by atoms with Crippen molar-refractivity contribution in [1.29, 1.82) is 0 Å². The Hall–Kier alpha value is -3.08. The Morgan fingerprint density at radius 2 is 1.76 bits per heavy atom. The number of hydrogen-bond donors (Lipinski definition) is 1. The molecule has 172 valence electrons. The van der Waals surface area contributed by atoms with Crippen LogP contribution in [0, 0.1) is 0 Å². The third kappa shape index (κ3) is 3.94. The molecule has 5 heteroatoms. The SMILES string of the molecule is C[C@@H](CN1C(=O)c2cc3ccccc3n2C[C@]1(C)C(=O)NC1CCCCC1)c1ccccc1. The Morgan fingerprint density at radius 1 is 1.06 bits per heavy atom. The Morgan fingerprint density at radius 3 is 2.52 bits per heavy atom. The minimum absolute atomic E-state index is 0.0357. The largest absolute Gasteiger partial charge is 0.351 e. The van der Waals surface area contributed by atoms with Crippen molar-refractivity contribution in [2.45, 2.75) is 70.0 Å². The van der Waals surface area contributed by atoms with Gasteiger partial charge in [-0.05, 0) is 43.4 Å². The van der Waals surface area contributed by atoms with Crippen LogP contribution in [0.2, 0.25) is 0 Å². The molecule has 5 nitrogen and oxygen atoms in total. The van der Waals surface area contributed by atoms with Crippen LogP contribution in [0.5, 0.6) is 0 Å². The van der Waals surface area contributed by atoms with Gasteiger partial charge in [0.15, 0.2) is 0 Å². The van der Waals surface area contributed by atoms with Crippen molar-refractivity contribution in [1.82, 2.24) is 14.8 Å². The normalized spacial score (nSPS) is 22.2. The minimum Gasteiger partial charge on any atom is -0.351 e. The highest BCUT2D eigenvalue weighted by molar-refractivity contribution is 6.03. The Labute approximate surface area is 195 Å². The molecule has 3 aromatic rings. The van der Waals surface area contributed by atoms with Gasteiger partial charge < -0.3 is 14.8 Å². The average Bonchev–Trinajstić information content (AvgIpc) is 3.21. The highest BCUT2D eigenvalue weighted by Gasteiger charge is 2.48. The first-order valence-electron chi connectivity index (χ1n) is 12.2. The van der Waals surface area contributed by atoms with E-state index in [-0.39, 0.29) is 23.8 Å². The second-order valence-electron chi connectivity index (χ2n) is 9.98. The second kappa shape index (κ2) is 8.69. The molecule has 1 aliphatic heterocycles. The zero-order valence-electron chi connectivity index (χ0n) is 19.6. The number of benzene rings is 2. The number of aromatic nitrogens is 1. The molecule has 0 bridgehead atoms. The van der Waals surface area contributed by atoms with E-state index in [0.717, 1.165) is 36.6 Å². The molecular weight excluding hydrogens is 410 g/mol. The van der Waals surface area contributed by atoms with E-state index in [9.17, 15) is 9.59 Å². The molecule has 0 radical (unpaired) electrons. The average molecular weight is 444 g/mol. The van der Waals surface area contributed by atoms with Gasteiger partial charge in [0.1, 0.15) is 11.2 Å². The molecule has 2 aliphatic rings. The van der Waals surface area contributed by atoms with Crippen molar-refractivity contribution in [2.24, 2.45) is 0 Å². The van der Waals surface area contributed by atoms with Gasteiger partial charge in [-0.25, -0.2) is 0 Å². The molecule has 2 atom stereocenters. The van der Waals surface area contributed by atoms with E-state index >= 15 is 0 Å². The zero-order chi connectivity index (χ0) is 23.0. The molecule has 0 spiro atoms. The predicted molar refractivity (Wildman–Crippen MR) is 131 cm³/mol.